The van der Waals surface area contributed by atoms with Crippen molar-refractivity contribution in [3.05, 3.63) is 54.0 Å². The van der Waals surface area contributed by atoms with Crippen LogP contribution in [0.3, 0.4) is 0 Å². The molecule has 0 unspecified atom stereocenters. The van der Waals surface area contributed by atoms with E-state index in [2.05, 4.69) is 17.0 Å². The van der Waals surface area contributed by atoms with Gasteiger partial charge in [0.25, 0.3) is 5.91 Å². The van der Waals surface area contributed by atoms with Crippen LogP contribution in [0.1, 0.15) is 48.7 Å². The van der Waals surface area contributed by atoms with Crippen LogP contribution in [0.4, 0.5) is 0 Å². The Bertz CT molecular complexity index is 829. The van der Waals surface area contributed by atoms with E-state index in [0.29, 0.717) is 17.2 Å². The maximum atomic E-state index is 12.4. The van der Waals surface area contributed by atoms with Gasteiger partial charge in [0.15, 0.2) is 0 Å². The summed E-state index contributed by atoms with van der Waals surface area (Å²) < 4.78 is 32.2. The van der Waals surface area contributed by atoms with E-state index in [9.17, 15) is 13.2 Å². The largest absolute Gasteiger partial charge is 0.468 e. The van der Waals surface area contributed by atoms with Gasteiger partial charge in [-0.15, -0.1) is 0 Å². The SMILES string of the molecule is C[C@H]1CCCC[C@H]1NC(=O)c1ccc(S(=O)(=O)NCc2ccco2)cc1. The number of carbonyl (C=O) groups excluding carboxylic acids is 1. The van der Waals surface area contributed by atoms with E-state index in [-0.39, 0.29) is 23.4 Å². The molecule has 2 aromatic rings. The summed E-state index contributed by atoms with van der Waals surface area (Å²) in [5.74, 6) is 0.848. The molecule has 1 heterocycles. The maximum absolute atomic E-state index is 12.4. The zero-order valence-corrected chi connectivity index (χ0v) is 15.6. The Morgan fingerprint density at radius 1 is 1.15 bits per heavy atom. The Balaban J connectivity index is 1.62. The highest BCUT2D eigenvalue weighted by Crippen LogP contribution is 2.24. The molecule has 2 N–H and O–H groups in total. The highest BCUT2D eigenvalue weighted by Gasteiger charge is 2.23. The number of furan rings is 1. The van der Waals surface area contributed by atoms with E-state index in [1.807, 2.05) is 0 Å². The molecule has 1 aromatic heterocycles. The molecule has 26 heavy (non-hydrogen) atoms. The average Bonchev–Trinajstić information content (AvgIpc) is 3.16. The van der Waals surface area contributed by atoms with Crippen LogP contribution in [0, 0.1) is 5.92 Å². The lowest BCUT2D eigenvalue weighted by atomic mass is 9.86. The minimum atomic E-state index is -3.66. The standard InChI is InChI=1S/C19H24N2O4S/c1-14-5-2-3-7-18(14)21-19(22)15-8-10-17(11-9-15)26(23,24)20-13-16-6-4-12-25-16/h4,6,8-12,14,18,20H,2-3,5,7,13H2,1H3,(H,21,22)/t14-,18+/m0/s1. The second kappa shape index (κ2) is 8.05. The zero-order chi connectivity index (χ0) is 18.6. The smallest absolute Gasteiger partial charge is 0.251 e. The Kier molecular flexibility index (Phi) is 5.78. The van der Waals surface area contributed by atoms with E-state index >= 15 is 0 Å². The number of sulfonamides is 1. The zero-order valence-electron chi connectivity index (χ0n) is 14.8. The van der Waals surface area contributed by atoms with Gasteiger partial charge in [-0.25, -0.2) is 13.1 Å². The molecule has 1 fully saturated rings. The number of carbonyl (C=O) groups is 1. The van der Waals surface area contributed by atoms with Crippen LogP contribution in [-0.2, 0) is 16.6 Å². The van der Waals surface area contributed by atoms with Crippen molar-refractivity contribution in [3.8, 4) is 0 Å². The summed E-state index contributed by atoms with van der Waals surface area (Å²) in [6.45, 7) is 2.24. The van der Waals surface area contributed by atoms with Gasteiger partial charge in [-0.1, -0.05) is 19.8 Å². The van der Waals surface area contributed by atoms with Crippen molar-refractivity contribution in [2.45, 2.75) is 50.1 Å². The number of amides is 1. The minimum absolute atomic E-state index is 0.0805. The minimum Gasteiger partial charge on any atom is -0.468 e. The van der Waals surface area contributed by atoms with Gasteiger partial charge in [-0.3, -0.25) is 4.79 Å². The first kappa shape index (κ1) is 18.7. The van der Waals surface area contributed by atoms with E-state index in [1.165, 1.54) is 24.8 Å². The lowest BCUT2D eigenvalue weighted by Gasteiger charge is -2.29. The van der Waals surface area contributed by atoms with Crippen LogP contribution in [0.15, 0.2) is 52.0 Å². The molecule has 2 atom stereocenters. The van der Waals surface area contributed by atoms with Crippen LogP contribution < -0.4 is 10.0 Å². The predicted molar refractivity (Wildman–Crippen MR) is 98.1 cm³/mol. The molecular formula is C19H24N2O4S. The van der Waals surface area contributed by atoms with Crippen LogP contribution >= 0.6 is 0 Å². The van der Waals surface area contributed by atoms with E-state index in [0.717, 1.165) is 19.3 Å². The van der Waals surface area contributed by atoms with Gasteiger partial charge in [-0.2, -0.15) is 0 Å². The number of benzene rings is 1. The first-order valence-corrected chi connectivity index (χ1v) is 10.4. The molecule has 7 heteroatoms. The fourth-order valence-electron chi connectivity index (χ4n) is 3.23. The first-order chi connectivity index (χ1) is 12.5. The molecule has 0 aliphatic heterocycles. The van der Waals surface area contributed by atoms with Crippen LogP contribution in [0.2, 0.25) is 0 Å². The number of hydrogen-bond donors (Lipinski definition) is 2. The molecule has 140 valence electrons. The molecule has 0 saturated heterocycles. The third kappa shape index (κ3) is 4.53. The Morgan fingerprint density at radius 3 is 2.54 bits per heavy atom. The topological polar surface area (TPSA) is 88.4 Å². The van der Waals surface area contributed by atoms with Gasteiger partial charge in [0, 0.05) is 11.6 Å². The number of nitrogens with one attached hydrogen (secondary N) is 2. The van der Waals surface area contributed by atoms with Gasteiger partial charge in [0.1, 0.15) is 5.76 Å². The van der Waals surface area contributed by atoms with Crippen molar-refractivity contribution in [3.63, 3.8) is 0 Å². The molecule has 6 nitrogen and oxygen atoms in total. The van der Waals surface area contributed by atoms with Crippen molar-refractivity contribution in [1.29, 1.82) is 0 Å². The van der Waals surface area contributed by atoms with E-state index in [1.54, 1.807) is 24.3 Å². The van der Waals surface area contributed by atoms with Gasteiger partial charge in [0.05, 0.1) is 17.7 Å². The lowest BCUT2D eigenvalue weighted by Crippen LogP contribution is -2.41. The molecule has 1 amide bonds. The normalized spacial score (nSPS) is 20.7. The molecule has 0 radical (unpaired) electrons. The summed E-state index contributed by atoms with van der Waals surface area (Å²) in [7, 11) is -3.66. The van der Waals surface area contributed by atoms with Crippen molar-refractivity contribution in [2.24, 2.45) is 5.92 Å². The Labute approximate surface area is 154 Å². The predicted octanol–water partition coefficient (Wildman–Crippen LogP) is 3.07. The Hall–Kier alpha value is -2.12. The highest BCUT2D eigenvalue weighted by molar-refractivity contribution is 7.89. The maximum Gasteiger partial charge on any atom is 0.251 e. The summed E-state index contributed by atoms with van der Waals surface area (Å²) in [4.78, 5) is 12.5. The second-order valence-electron chi connectivity index (χ2n) is 6.77. The monoisotopic (exact) mass is 376 g/mol. The summed E-state index contributed by atoms with van der Waals surface area (Å²) >= 11 is 0. The number of rotatable bonds is 6. The van der Waals surface area contributed by atoms with Gasteiger partial charge >= 0.3 is 0 Å². The molecular weight excluding hydrogens is 352 g/mol. The second-order valence-corrected chi connectivity index (χ2v) is 8.54. The van der Waals surface area contributed by atoms with Gasteiger partial charge < -0.3 is 9.73 Å². The first-order valence-electron chi connectivity index (χ1n) is 8.89. The highest BCUT2D eigenvalue weighted by atomic mass is 32.2. The molecule has 0 spiro atoms. The fraction of sp³-hybridized carbons (Fsp3) is 0.421. The molecule has 1 aliphatic carbocycles. The number of hydrogen-bond acceptors (Lipinski definition) is 4. The molecule has 0 bridgehead atoms. The van der Waals surface area contributed by atoms with Gasteiger partial charge in [0.2, 0.25) is 10.0 Å². The van der Waals surface area contributed by atoms with Crippen molar-refractivity contribution < 1.29 is 17.6 Å². The third-order valence-electron chi connectivity index (χ3n) is 4.87. The van der Waals surface area contributed by atoms with Crippen molar-refractivity contribution in [1.82, 2.24) is 10.0 Å². The van der Waals surface area contributed by atoms with Crippen molar-refractivity contribution >= 4 is 15.9 Å². The van der Waals surface area contributed by atoms with Crippen LogP contribution in [0.25, 0.3) is 0 Å². The lowest BCUT2D eigenvalue weighted by molar-refractivity contribution is 0.0910. The Morgan fingerprint density at radius 2 is 1.88 bits per heavy atom. The third-order valence-corrected chi connectivity index (χ3v) is 6.29. The summed E-state index contributed by atoms with van der Waals surface area (Å²) in [5, 5.41) is 3.07. The molecule has 1 aromatic carbocycles. The van der Waals surface area contributed by atoms with E-state index < -0.39 is 10.0 Å². The molecule has 1 saturated carbocycles. The fourth-order valence-corrected chi connectivity index (χ4v) is 4.22. The molecule has 3 rings (SSSR count). The van der Waals surface area contributed by atoms with Crippen LogP contribution in [0.5, 0.6) is 0 Å². The summed E-state index contributed by atoms with van der Waals surface area (Å²) in [6, 6.07) is 9.57. The van der Waals surface area contributed by atoms with Crippen molar-refractivity contribution in [2.75, 3.05) is 0 Å². The van der Waals surface area contributed by atoms with Crippen LogP contribution in [-0.4, -0.2) is 20.4 Å². The summed E-state index contributed by atoms with van der Waals surface area (Å²) in [5.41, 5.74) is 0.466. The van der Waals surface area contributed by atoms with E-state index in [4.69, 9.17) is 4.42 Å². The quantitative estimate of drug-likeness (QED) is 0.811. The average molecular weight is 376 g/mol. The van der Waals surface area contributed by atoms with Gasteiger partial charge in [-0.05, 0) is 55.2 Å². The molecule has 1 aliphatic rings. The summed E-state index contributed by atoms with van der Waals surface area (Å²) in [6.07, 6.45) is 5.96.